The Morgan fingerprint density at radius 2 is 2.11 bits per heavy atom. The summed E-state index contributed by atoms with van der Waals surface area (Å²) in [5.74, 6) is 0. The van der Waals surface area contributed by atoms with E-state index in [-0.39, 0.29) is 0 Å². The van der Waals surface area contributed by atoms with Crippen LogP contribution in [0, 0.1) is 5.21 Å². The Morgan fingerprint density at radius 1 is 1.33 bits per heavy atom. The lowest BCUT2D eigenvalue weighted by atomic mass is 10.2. The number of rotatable bonds is 0. The van der Waals surface area contributed by atoms with E-state index < -0.39 is 0 Å². The predicted octanol–water partition coefficient (Wildman–Crippen LogP) is -0.149. The van der Waals surface area contributed by atoms with Gasteiger partial charge in [-0.1, -0.05) is 0 Å². The van der Waals surface area contributed by atoms with Gasteiger partial charge in [0.2, 0.25) is 0 Å². The third kappa shape index (κ3) is 2.56. The molecule has 1 heterocycles. The van der Waals surface area contributed by atoms with Crippen LogP contribution in [0.3, 0.4) is 0 Å². The summed E-state index contributed by atoms with van der Waals surface area (Å²) in [6.45, 7) is 1.55. The second kappa shape index (κ2) is 3.44. The van der Waals surface area contributed by atoms with E-state index in [9.17, 15) is 5.21 Å². The summed E-state index contributed by atoms with van der Waals surface area (Å²) in [6.07, 6.45) is 3.16. The molecule has 0 aromatic carbocycles. The van der Waals surface area contributed by atoms with Crippen molar-refractivity contribution in [3.63, 3.8) is 0 Å². The number of thiol groups is 1. The molecule has 0 radical (unpaired) electrons. The zero-order chi connectivity index (χ0) is 6.69. The molecule has 0 aliphatic carbocycles. The summed E-state index contributed by atoms with van der Waals surface area (Å²) in [7, 11) is 0. The van der Waals surface area contributed by atoms with Crippen LogP contribution in [-0.2, 0) is 0 Å². The zero-order valence-corrected chi connectivity index (χ0v) is 6.36. The Labute approximate surface area is 61.2 Å². The highest BCUT2D eigenvalue weighted by Crippen LogP contribution is 2.08. The van der Waals surface area contributed by atoms with Crippen molar-refractivity contribution in [1.29, 1.82) is 0 Å². The van der Waals surface area contributed by atoms with E-state index in [0.29, 0.717) is 10.3 Å². The van der Waals surface area contributed by atoms with Crippen molar-refractivity contribution in [2.45, 2.75) is 24.5 Å². The lowest BCUT2D eigenvalue weighted by Crippen LogP contribution is -3.06. The van der Waals surface area contributed by atoms with Crippen molar-refractivity contribution >= 4 is 12.6 Å². The van der Waals surface area contributed by atoms with E-state index in [1.54, 1.807) is 0 Å². The highest BCUT2D eigenvalue weighted by molar-refractivity contribution is 7.80. The smallest absolute Gasteiger partial charge is 0.0778 e. The topological polar surface area (TPSA) is 27.5 Å². The first-order chi connectivity index (χ1) is 4.29. The lowest BCUT2D eigenvalue weighted by Gasteiger charge is -2.18. The summed E-state index contributed by atoms with van der Waals surface area (Å²) in [5, 5.41) is 11.7. The molecule has 2 nitrogen and oxygen atoms in total. The van der Waals surface area contributed by atoms with Gasteiger partial charge >= 0.3 is 0 Å². The molecule has 1 aliphatic rings. The maximum atomic E-state index is 10.8. The monoisotopic (exact) mass is 147 g/mol. The minimum atomic E-state index is 0.423. The first-order valence-corrected chi connectivity index (χ1v) is 4.00. The SMILES string of the molecule is [O-][NH+]1CCCC(S)CC1. The molecule has 1 saturated heterocycles. The summed E-state index contributed by atoms with van der Waals surface area (Å²) < 4.78 is 0. The van der Waals surface area contributed by atoms with Crippen molar-refractivity contribution < 1.29 is 5.06 Å². The maximum Gasteiger partial charge on any atom is 0.0778 e. The number of hydrogen-bond donors (Lipinski definition) is 2. The predicted molar refractivity (Wildman–Crippen MR) is 40.7 cm³/mol. The molecule has 0 bridgehead atoms. The van der Waals surface area contributed by atoms with Crippen LogP contribution in [0.2, 0.25) is 0 Å². The number of hydroxylamine groups is 2. The first-order valence-electron chi connectivity index (χ1n) is 3.49. The van der Waals surface area contributed by atoms with Crippen LogP contribution in [0.1, 0.15) is 19.3 Å². The first kappa shape index (κ1) is 7.38. The fourth-order valence-corrected chi connectivity index (χ4v) is 1.44. The van der Waals surface area contributed by atoms with E-state index in [2.05, 4.69) is 12.6 Å². The molecule has 2 atom stereocenters. The van der Waals surface area contributed by atoms with Gasteiger partial charge in [0, 0.05) is 11.7 Å². The van der Waals surface area contributed by atoms with E-state index >= 15 is 0 Å². The van der Waals surface area contributed by atoms with E-state index in [4.69, 9.17) is 0 Å². The maximum absolute atomic E-state index is 10.8. The molecule has 0 amide bonds. The van der Waals surface area contributed by atoms with Gasteiger partial charge in [-0.15, -0.1) is 0 Å². The molecule has 9 heavy (non-hydrogen) atoms. The third-order valence-corrected chi connectivity index (χ3v) is 2.27. The summed E-state index contributed by atoms with van der Waals surface area (Å²) in [6, 6.07) is 0. The number of quaternary nitrogens is 1. The highest BCUT2D eigenvalue weighted by atomic mass is 32.1. The molecule has 0 aromatic rings. The molecule has 0 aromatic heterocycles. The van der Waals surface area contributed by atoms with Crippen molar-refractivity contribution in [2.75, 3.05) is 13.1 Å². The molecule has 1 fully saturated rings. The van der Waals surface area contributed by atoms with Crippen molar-refractivity contribution in [3.8, 4) is 0 Å². The van der Waals surface area contributed by atoms with Gasteiger partial charge in [-0.25, -0.2) is 0 Å². The molecule has 2 unspecified atom stereocenters. The average Bonchev–Trinajstić information content (AvgIpc) is 1.97. The van der Waals surface area contributed by atoms with Gasteiger partial charge in [0.1, 0.15) is 0 Å². The van der Waals surface area contributed by atoms with Crippen LogP contribution in [0.4, 0.5) is 0 Å². The molecule has 0 saturated carbocycles. The second-order valence-corrected chi connectivity index (χ2v) is 3.35. The van der Waals surface area contributed by atoms with Gasteiger partial charge in [0.25, 0.3) is 0 Å². The fraction of sp³-hybridized carbons (Fsp3) is 1.00. The van der Waals surface area contributed by atoms with Crippen LogP contribution in [0.5, 0.6) is 0 Å². The van der Waals surface area contributed by atoms with Crippen LogP contribution >= 0.6 is 12.6 Å². The summed E-state index contributed by atoms with van der Waals surface area (Å²) in [4.78, 5) is 0. The van der Waals surface area contributed by atoms with E-state index in [0.717, 1.165) is 32.4 Å². The quantitative estimate of drug-likeness (QED) is 0.362. The van der Waals surface area contributed by atoms with Gasteiger partial charge in [0.05, 0.1) is 13.1 Å². The summed E-state index contributed by atoms with van der Waals surface area (Å²) in [5.41, 5.74) is 0. The Kier molecular flexibility index (Phi) is 2.82. The molecule has 0 spiro atoms. The molecule has 54 valence electrons. The molecular weight excluding hydrogens is 134 g/mol. The van der Waals surface area contributed by atoms with Crippen molar-refractivity contribution in [1.82, 2.24) is 0 Å². The zero-order valence-electron chi connectivity index (χ0n) is 5.47. The lowest BCUT2D eigenvalue weighted by molar-refractivity contribution is -0.847. The van der Waals surface area contributed by atoms with Gasteiger partial charge in [-0.3, -0.25) is 0 Å². The molecule has 3 heteroatoms. The number of nitrogens with one attached hydrogen (secondary N) is 1. The van der Waals surface area contributed by atoms with Gasteiger partial charge in [-0.2, -0.15) is 12.6 Å². The van der Waals surface area contributed by atoms with Gasteiger partial charge in [0.15, 0.2) is 0 Å². The standard InChI is InChI=1S/C6H13NOS/c8-7-4-1-2-6(9)3-5-7/h6-7,9H,1-5H2. The Hall–Kier alpha value is 0.270. The minimum Gasteiger partial charge on any atom is -0.634 e. The molecule has 1 aliphatic heterocycles. The van der Waals surface area contributed by atoms with Crippen molar-refractivity contribution in [2.24, 2.45) is 0 Å². The second-order valence-electron chi connectivity index (χ2n) is 2.62. The third-order valence-electron chi connectivity index (χ3n) is 1.75. The largest absolute Gasteiger partial charge is 0.634 e. The molecule has 1 rings (SSSR count). The van der Waals surface area contributed by atoms with Crippen LogP contribution in [-0.4, -0.2) is 18.3 Å². The minimum absolute atomic E-state index is 0.423. The van der Waals surface area contributed by atoms with Crippen LogP contribution in [0.15, 0.2) is 0 Å². The fourth-order valence-electron chi connectivity index (χ4n) is 1.13. The van der Waals surface area contributed by atoms with Crippen molar-refractivity contribution in [3.05, 3.63) is 5.21 Å². The Morgan fingerprint density at radius 3 is 2.89 bits per heavy atom. The average molecular weight is 147 g/mol. The normalized spacial score (nSPS) is 38.0. The Bertz CT molecular complexity index is 79.1. The van der Waals surface area contributed by atoms with E-state index in [1.165, 1.54) is 0 Å². The van der Waals surface area contributed by atoms with Crippen LogP contribution in [0.25, 0.3) is 0 Å². The van der Waals surface area contributed by atoms with Crippen LogP contribution < -0.4 is 5.06 Å². The van der Waals surface area contributed by atoms with Gasteiger partial charge < -0.3 is 10.3 Å². The Balaban J connectivity index is 2.25. The number of hydrogen-bond acceptors (Lipinski definition) is 2. The molecular formula is C6H13NOS. The summed E-state index contributed by atoms with van der Waals surface area (Å²) >= 11 is 4.32. The van der Waals surface area contributed by atoms with Gasteiger partial charge in [-0.05, 0) is 12.8 Å². The molecule has 1 N–H and O–H groups in total. The van der Waals surface area contributed by atoms with E-state index in [1.807, 2.05) is 0 Å². The highest BCUT2D eigenvalue weighted by Gasteiger charge is 2.10.